The SMILES string of the molecule is CCC(C)N(C(=O)C(CCC(N)=O)NC(=O)OC(C)(C)C)C(C(=O)NCc1ccccc1)c1ccc(O)c(C)c1. The summed E-state index contributed by atoms with van der Waals surface area (Å²) in [5, 5.41) is 15.6. The lowest BCUT2D eigenvalue weighted by Crippen LogP contribution is -2.55. The van der Waals surface area contributed by atoms with Crippen molar-refractivity contribution in [1.29, 1.82) is 0 Å². The Labute approximate surface area is 236 Å². The number of phenolic OH excluding ortho intramolecular Hbond substituents is 1. The molecule has 0 saturated carbocycles. The predicted octanol–water partition coefficient (Wildman–Crippen LogP) is 3.84. The molecule has 5 N–H and O–H groups in total. The molecule has 0 heterocycles. The summed E-state index contributed by atoms with van der Waals surface area (Å²) < 4.78 is 5.36. The molecule has 2 aromatic rings. The molecule has 0 saturated heterocycles. The van der Waals surface area contributed by atoms with E-state index in [1.165, 1.54) is 11.0 Å². The van der Waals surface area contributed by atoms with Crippen LogP contribution in [0.2, 0.25) is 0 Å². The van der Waals surface area contributed by atoms with Gasteiger partial charge in [0.15, 0.2) is 0 Å². The van der Waals surface area contributed by atoms with Crippen molar-refractivity contribution in [2.75, 3.05) is 0 Å². The van der Waals surface area contributed by atoms with Gasteiger partial charge in [0.1, 0.15) is 23.4 Å². The van der Waals surface area contributed by atoms with Crippen molar-refractivity contribution in [3.63, 3.8) is 0 Å². The first-order valence-corrected chi connectivity index (χ1v) is 13.4. The van der Waals surface area contributed by atoms with Crippen LogP contribution >= 0.6 is 0 Å². The number of hydrogen-bond donors (Lipinski definition) is 4. The molecule has 0 aliphatic rings. The van der Waals surface area contributed by atoms with Crippen LogP contribution in [-0.4, -0.2) is 51.5 Å². The molecule has 3 atom stereocenters. The molecule has 0 radical (unpaired) electrons. The molecule has 2 aromatic carbocycles. The van der Waals surface area contributed by atoms with Gasteiger partial charge in [-0.1, -0.05) is 43.3 Å². The molecule has 0 aliphatic heterocycles. The number of rotatable bonds is 12. The fourth-order valence-corrected chi connectivity index (χ4v) is 4.14. The van der Waals surface area contributed by atoms with E-state index in [9.17, 15) is 24.3 Å². The van der Waals surface area contributed by atoms with E-state index in [0.717, 1.165) is 5.56 Å². The number of alkyl carbamates (subject to hydrolysis) is 1. The average Bonchev–Trinajstić information content (AvgIpc) is 2.88. The summed E-state index contributed by atoms with van der Waals surface area (Å²) in [6, 6.07) is 11.4. The summed E-state index contributed by atoms with van der Waals surface area (Å²) in [6.07, 6.45) is -0.568. The van der Waals surface area contributed by atoms with Crippen LogP contribution in [0.4, 0.5) is 4.79 Å². The van der Waals surface area contributed by atoms with Crippen molar-refractivity contribution < 1.29 is 29.0 Å². The predicted molar refractivity (Wildman–Crippen MR) is 152 cm³/mol. The number of carbonyl (C=O) groups excluding carboxylic acids is 4. The molecule has 0 fully saturated rings. The van der Waals surface area contributed by atoms with Crippen molar-refractivity contribution in [1.82, 2.24) is 15.5 Å². The normalized spacial score (nSPS) is 13.4. The monoisotopic (exact) mass is 554 g/mol. The van der Waals surface area contributed by atoms with Gasteiger partial charge in [0.2, 0.25) is 17.7 Å². The van der Waals surface area contributed by atoms with E-state index in [2.05, 4.69) is 10.6 Å². The Bertz CT molecular complexity index is 1180. The third-order valence-corrected chi connectivity index (χ3v) is 6.36. The standard InChI is InChI=1S/C30H42N4O6/c1-7-20(3)34(28(38)23(14-16-25(31)36)33-29(39)40-30(4,5)6)26(22-13-15-24(35)19(2)17-22)27(37)32-18-21-11-9-8-10-12-21/h8-13,15,17,20,23,26,35H,7,14,16,18H2,1-6H3,(H2,31,36)(H,32,37)(H,33,39). The quantitative estimate of drug-likeness (QED) is 0.313. The molecule has 0 bridgehead atoms. The molecule has 0 aliphatic carbocycles. The van der Waals surface area contributed by atoms with Gasteiger partial charge in [-0.05, 0) is 76.3 Å². The molecule has 3 unspecified atom stereocenters. The Balaban J connectivity index is 2.54. The van der Waals surface area contributed by atoms with Crippen molar-refractivity contribution in [3.8, 4) is 5.75 Å². The van der Waals surface area contributed by atoms with E-state index in [-0.39, 0.29) is 25.1 Å². The van der Waals surface area contributed by atoms with Crippen molar-refractivity contribution in [3.05, 3.63) is 65.2 Å². The number of aryl methyl sites for hydroxylation is 1. The Kier molecular flexibility index (Phi) is 11.5. The number of nitrogens with one attached hydrogen (secondary N) is 2. The van der Waals surface area contributed by atoms with E-state index in [1.54, 1.807) is 46.8 Å². The van der Waals surface area contributed by atoms with E-state index in [0.29, 0.717) is 17.5 Å². The first kappa shape index (κ1) is 32.1. The highest BCUT2D eigenvalue weighted by molar-refractivity contribution is 5.92. The van der Waals surface area contributed by atoms with Crippen molar-refractivity contribution in [2.24, 2.45) is 5.73 Å². The van der Waals surface area contributed by atoms with Gasteiger partial charge >= 0.3 is 6.09 Å². The molecule has 10 heteroatoms. The highest BCUT2D eigenvalue weighted by atomic mass is 16.6. The third-order valence-electron chi connectivity index (χ3n) is 6.36. The first-order chi connectivity index (χ1) is 18.7. The highest BCUT2D eigenvalue weighted by Gasteiger charge is 2.38. The maximum absolute atomic E-state index is 14.2. The Morgan fingerprint density at radius 1 is 1.07 bits per heavy atom. The van der Waals surface area contributed by atoms with Gasteiger partial charge in [-0.25, -0.2) is 4.79 Å². The lowest BCUT2D eigenvalue weighted by atomic mass is 9.97. The molecule has 4 amide bonds. The summed E-state index contributed by atoms with van der Waals surface area (Å²) >= 11 is 0. The van der Waals surface area contributed by atoms with Crippen LogP contribution in [0.3, 0.4) is 0 Å². The molecule has 0 spiro atoms. The smallest absolute Gasteiger partial charge is 0.408 e. The molecular formula is C30H42N4O6. The number of carbonyl (C=O) groups is 4. The van der Waals surface area contributed by atoms with Crippen LogP contribution in [0.15, 0.2) is 48.5 Å². The number of nitrogens with zero attached hydrogens (tertiary/aromatic N) is 1. The largest absolute Gasteiger partial charge is 0.508 e. The van der Waals surface area contributed by atoms with E-state index in [4.69, 9.17) is 10.5 Å². The maximum Gasteiger partial charge on any atom is 0.408 e. The maximum atomic E-state index is 14.2. The van der Waals surface area contributed by atoms with Gasteiger partial charge < -0.3 is 31.1 Å². The number of aromatic hydroxyl groups is 1. The Morgan fingerprint density at radius 3 is 2.27 bits per heavy atom. The van der Waals surface area contributed by atoms with E-state index < -0.39 is 47.5 Å². The zero-order valence-corrected chi connectivity index (χ0v) is 24.2. The zero-order valence-electron chi connectivity index (χ0n) is 24.2. The highest BCUT2D eigenvalue weighted by Crippen LogP contribution is 2.30. The van der Waals surface area contributed by atoms with Crippen LogP contribution in [0.25, 0.3) is 0 Å². The summed E-state index contributed by atoms with van der Waals surface area (Å²) in [7, 11) is 0. The zero-order chi connectivity index (χ0) is 30.0. The number of ether oxygens (including phenoxy) is 1. The van der Waals surface area contributed by atoms with Crippen LogP contribution < -0.4 is 16.4 Å². The fourth-order valence-electron chi connectivity index (χ4n) is 4.14. The van der Waals surface area contributed by atoms with Crippen LogP contribution in [-0.2, 0) is 25.7 Å². The van der Waals surface area contributed by atoms with Gasteiger partial charge in [-0.15, -0.1) is 0 Å². The summed E-state index contributed by atoms with van der Waals surface area (Å²) in [5.74, 6) is -1.58. The second-order valence-electron chi connectivity index (χ2n) is 10.9. The van der Waals surface area contributed by atoms with Crippen LogP contribution in [0.5, 0.6) is 5.75 Å². The Hall–Kier alpha value is -4.08. The minimum Gasteiger partial charge on any atom is -0.508 e. The number of primary amides is 1. The lowest BCUT2D eigenvalue weighted by Gasteiger charge is -2.38. The van der Waals surface area contributed by atoms with Crippen LogP contribution in [0.1, 0.15) is 76.6 Å². The fraction of sp³-hybridized carbons (Fsp3) is 0.467. The molecular weight excluding hydrogens is 512 g/mol. The number of benzene rings is 2. The van der Waals surface area contributed by atoms with E-state index >= 15 is 0 Å². The van der Waals surface area contributed by atoms with Crippen LogP contribution in [0, 0.1) is 6.92 Å². The molecule has 218 valence electrons. The first-order valence-electron chi connectivity index (χ1n) is 13.4. The number of phenols is 1. The van der Waals surface area contributed by atoms with Crippen molar-refractivity contribution in [2.45, 2.75) is 91.1 Å². The number of nitrogens with two attached hydrogens (primary N) is 1. The molecule has 2 rings (SSSR count). The average molecular weight is 555 g/mol. The second kappa shape index (κ2) is 14.3. The van der Waals surface area contributed by atoms with Gasteiger partial charge in [0.25, 0.3) is 0 Å². The number of hydrogen-bond acceptors (Lipinski definition) is 6. The summed E-state index contributed by atoms with van der Waals surface area (Å²) in [5.41, 5.74) is 6.45. The molecule has 0 aromatic heterocycles. The third kappa shape index (κ3) is 9.59. The Morgan fingerprint density at radius 2 is 1.73 bits per heavy atom. The molecule has 40 heavy (non-hydrogen) atoms. The van der Waals surface area contributed by atoms with Gasteiger partial charge in [-0.3, -0.25) is 14.4 Å². The minimum absolute atomic E-state index is 0.0551. The summed E-state index contributed by atoms with van der Waals surface area (Å²) in [6.45, 7) is 10.7. The lowest BCUT2D eigenvalue weighted by molar-refractivity contribution is -0.145. The van der Waals surface area contributed by atoms with Gasteiger partial charge in [0.05, 0.1) is 0 Å². The minimum atomic E-state index is -1.18. The van der Waals surface area contributed by atoms with E-state index in [1.807, 2.05) is 37.3 Å². The number of amides is 4. The topological polar surface area (TPSA) is 151 Å². The van der Waals surface area contributed by atoms with Gasteiger partial charge in [-0.2, -0.15) is 0 Å². The second-order valence-corrected chi connectivity index (χ2v) is 10.9. The summed E-state index contributed by atoms with van der Waals surface area (Å²) in [4.78, 5) is 53.7. The van der Waals surface area contributed by atoms with Crippen molar-refractivity contribution >= 4 is 23.8 Å². The molecule has 10 nitrogen and oxygen atoms in total. The van der Waals surface area contributed by atoms with Gasteiger partial charge in [0, 0.05) is 19.0 Å².